The maximum Gasteiger partial charge on any atom is 0.144 e. The predicted octanol–water partition coefficient (Wildman–Crippen LogP) is 2.82. The SMILES string of the molecule is C=C/C=C(C=C)/C=N/S(=O)C(C)(C)C. The van der Waals surface area contributed by atoms with E-state index < -0.39 is 11.0 Å². The van der Waals surface area contributed by atoms with Gasteiger partial charge in [-0.1, -0.05) is 31.4 Å². The van der Waals surface area contributed by atoms with E-state index in [4.69, 9.17) is 0 Å². The van der Waals surface area contributed by atoms with Gasteiger partial charge in [-0.05, 0) is 26.3 Å². The van der Waals surface area contributed by atoms with E-state index in [1.807, 2.05) is 20.8 Å². The van der Waals surface area contributed by atoms with E-state index >= 15 is 0 Å². The first-order chi connectivity index (χ1) is 6.41. The van der Waals surface area contributed by atoms with Gasteiger partial charge in [-0.15, -0.1) is 0 Å². The molecule has 78 valence electrons. The van der Waals surface area contributed by atoms with Gasteiger partial charge in [0.15, 0.2) is 0 Å². The minimum absolute atomic E-state index is 0.322. The van der Waals surface area contributed by atoms with E-state index in [1.54, 1.807) is 24.4 Å². The summed E-state index contributed by atoms with van der Waals surface area (Å²) in [7, 11) is -1.22. The number of allylic oxidation sites excluding steroid dienone is 4. The Morgan fingerprint density at radius 2 is 1.93 bits per heavy atom. The zero-order chi connectivity index (χ0) is 11.2. The van der Waals surface area contributed by atoms with Crippen LogP contribution in [0, 0.1) is 0 Å². The molecule has 0 aromatic heterocycles. The summed E-state index contributed by atoms with van der Waals surface area (Å²) in [6, 6.07) is 0. The summed E-state index contributed by atoms with van der Waals surface area (Å²) in [5.74, 6) is 0. The van der Waals surface area contributed by atoms with Gasteiger partial charge in [0.05, 0.1) is 4.75 Å². The van der Waals surface area contributed by atoms with Crippen LogP contribution >= 0.6 is 0 Å². The van der Waals surface area contributed by atoms with Gasteiger partial charge in [-0.3, -0.25) is 0 Å². The normalized spacial score (nSPS) is 15.5. The van der Waals surface area contributed by atoms with Gasteiger partial charge in [0.2, 0.25) is 0 Å². The summed E-state index contributed by atoms with van der Waals surface area (Å²) in [5.41, 5.74) is 0.803. The Morgan fingerprint density at radius 3 is 2.29 bits per heavy atom. The largest absolute Gasteiger partial charge is 0.234 e. The molecule has 0 heterocycles. The molecule has 1 unspecified atom stereocenters. The minimum Gasteiger partial charge on any atom is -0.234 e. The van der Waals surface area contributed by atoms with Crippen LogP contribution in [0.4, 0.5) is 0 Å². The second-order valence-electron chi connectivity index (χ2n) is 3.70. The van der Waals surface area contributed by atoms with Crippen molar-refractivity contribution in [3.63, 3.8) is 0 Å². The van der Waals surface area contributed by atoms with Crippen molar-refractivity contribution in [2.75, 3.05) is 0 Å². The lowest BCUT2D eigenvalue weighted by Gasteiger charge is -2.12. The second kappa shape index (κ2) is 5.70. The quantitative estimate of drug-likeness (QED) is 0.519. The Morgan fingerprint density at radius 1 is 1.36 bits per heavy atom. The van der Waals surface area contributed by atoms with Crippen molar-refractivity contribution >= 4 is 17.2 Å². The Kier molecular flexibility index (Phi) is 5.31. The third-order valence-electron chi connectivity index (χ3n) is 1.37. The van der Waals surface area contributed by atoms with E-state index in [-0.39, 0.29) is 4.75 Å². The molecule has 0 bridgehead atoms. The van der Waals surface area contributed by atoms with Gasteiger partial charge < -0.3 is 0 Å². The van der Waals surface area contributed by atoms with Crippen molar-refractivity contribution in [2.24, 2.45) is 4.40 Å². The first-order valence-corrected chi connectivity index (χ1v) is 5.43. The van der Waals surface area contributed by atoms with Gasteiger partial charge in [0, 0.05) is 6.21 Å². The summed E-state index contributed by atoms with van der Waals surface area (Å²) < 4.78 is 15.1. The lowest BCUT2D eigenvalue weighted by molar-refractivity contribution is 0.651. The highest BCUT2D eigenvalue weighted by Crippen LogP contribution is 2.12. The summed E-state index contributed by atoms with van der Waals surface area (Å²) >= 11 is 0. The zero-order valence-electron chi connectivity index (χ0n) is 8.99. The van der Waals surface area contributed by atoms with Gasteiger partial charge in [0.25, 0.3) is 0 Å². The summed E-state index contributed by atoms with van der Waals surface area (Å²) in [6.45, 7) is 12.8. The summed E-state index contributed by atoms with van der Waals surface area (Å²) in [4.78, 5) is 0. The van der Waals surface area contributed by atoms with Crippen LogP contribution in [-0.4, -0.2) is 15.2 Å². The first-order valence-electron chi connectivity index (χ1n) is 4.33. The highest BCUT2D eigenvalue weighted by molar-refractivity contribution is 7.85. The molecule has 0 saturated heterocycles. The standard InChI is InChI=1S/C11H17NOS/c1-6-8-10(7-2)9-12-14(13)11(3,4)5/h6-9H,1-2H2,3-5H3/b10-8+,12-9+. The van der Waals surface area contributed by atoms with Crippen molar-refractivity contribution in [3.05, 3.63) is 37.0 Å². The van der Waals surface area contributed by atoms with E-state index in [9.17, 15) is 4.21 Å². The molecule has 0 fully saturated rings. The molecule has 0 rings (SSSR count). The van der Waals surface area contributed by atoms with Crippen LogP contribution in [-0.2, 0) is 11.0 Å². The molecule has 0 aliphatic carbocycles. The lowest BCUT2D eigenvalue weighted by atomic mass is 10.3. The summed E-state index contributed by atoms with van der Waals surface area (Å²) in [5, 5.41) is 0. The van der Waals surface area contributed by atoms with E-state index in [0.717, 1.165) is 5.57 Å². The highest BCUT2D eigenvalue weighted by Gasteiger charge is 2.17. The van der Waals surface area contributed by atoms with Crippen LogP contribution in [0.1, 0.15) is 20.8 Å². The Hall–Kier alpha value is -0.960. The molecule has 0 aromatic carbocycles. The van der Waals surface area contributed by atoms with E-state index in [2.05, 4.69) is 17.6 Å². The van der Waals surface area contributed by atoms with Crippen molar-refractivity contribution in [1.29, 1.82) is 0 Å². The van der Waals surface area contributed by atoms with Crippen molar-refractivity contribution in [1.82, 2.24) is 0 Å². The van der Waals surface area contributed by atoms with Crippen LogP contribution in [0.15, 0.2) is 41.4 Å². The number of hydrogen-bond acceptors (Lipinski definition) is 1. The molecular weight excluding hydrogens is 194 g/mol. The fraction of sp³-hybridized carbons (Fsp3) is 0.364. The molecule has 0 aliphatic rings. The number of rotatable bonds is 4. The molecule has 14 heavy (non-hydrogen) atoms. The molecule has 0 saturated carbocycles. The first kappa shape index (κ1) is 13.0. The Labute approximate surface area is 88.7 Å². The van der Waals surface area contributed by atoms with Gasteiger partial charge >= 0.3 is 0 Å². The van der Waals surface area contributed by atoms with Crippen LogP contribution in [0.25, 0.3) is 0 Å². The third kappa shape index (κ3) is 4.92. The molecule has 3 heteroatoms. The average molecular weight is 211 g/mol. The fourth-order valence-corrected chi connectivity index (χ4v) is 1.10. The van der Waals surface area contributed by atoms with Gasteiger partial charge in [-0.2, -0.15) is 4.40 Å². The van der Waals surface area contributed by atoms with Crippen LogP contribution in [0.2, 0.25) is 0 Å². The molecule has 2 nitrogen and oxygen atoms in total. The average Bonchev–Trinajstić information content (AvgIpc) is 2.10. The molecule has 0 radical (unpaired) electrons. The number of nitrogens with zero attached hydrogens (tertiary/aromatic N) is 1. The lowest BCUT2D eigenvalue weighted by Crippen LogP contribution is -2.19. The third-order valence-corrected chi connectivity index (χ3v) is 2.71. The maximum absolute atomic E-state index is 11.5. The monoisotopic (exact) mass is 211 g/mol. The van der Waals surface area contributed by atoms with Gasteiger partial charge in [-0.25, -0.2) is 4.21 Å². The van der Waals surface area contributed by atoms with Crippen LogP contribution in [0.5, 0.6) is 0 Å². The second-order valence-corrected chi connectivity index (χ2v) is 5.64. The minimum atomic E-state index is -1.22. The molecule has 0 amide bonds. The van der Waals surface area contributed by atoms with Crippen molar-refractivity contribution in [2.45, 2.75) is 25.5 Å². The number of hydrogen-bond donors (Lipinski definition) is 0. The molecule has 0 N–H and O–H groups in total. The van der Waals surface area contributed by atoms with Gasteiger partial charge in [0.1, 0.15) is 11.0 Å². The molecule has 0 aromatic rings. The van der Waals surface area contributed by atoms with E-state index in [0.29, 0.717) is 0 Å². The van der Waals surface area contributed by atoms with E-state index in [1.165, 1.54) is 0 Å². The zero-order valence-corrected chi connectivity index (χ0v) is 9.80. The Bertz CT molecular complexity index is 295. The highest BCUT2D eigenvalue weighted by atomic mass is 32.2. The molecule has 1 atom stereocenters. The van der Waals surface area contributed by atoms with Crippen molar-refractivity contribution < 1.29 is 4.21 Å². The molecular formula is C11H17NOS. The topological polar surface area (TPSA) is 29.4 Å². The summed E-state index contributed by atoms with van der Waals surface area (Å²) in [6.07, 6.45) is 6.60. The fourth-order valence-electron chi connectivity index (χ4n) is 0.567. The van der Waals surface area contributed by atoms with Crippen LogP contribution < -0.4 is 0 Å². The van der Waals surface area contributed by atoms with Crippen molar-refractivity contribution in [3.8, 4) is 0 Å². The molecule has 0 spiro atoms. The van der Waals surface area contributed by atoms with Crippen LogP contribution in [0.3, 0.4) is 0 Å². The Balaban J connectivity index is 4.59. The molecule has 0 aliphatic heterocycles. The predicted molar refractivity (Wildman–Crippen MR) is 64.9 cm³/mol. The maximum atomic E-state index is 11.5. The smallest absolute Gasteiger partial charge is 0.144 e.